The van der Waals surface area contributed by atoms with Crippen LogP contribution in [0.2, 0.25) is 0 Å². The van der Waals surface area contributed by atoms with Crippen LogP contribution in [0.25, 0.3) is 22.2 Å². The predicted octanol–water partition coefficient (Wildman–Crippen LogP) is 5.20. The summed E-state index contributed by atoms with van der Waals surface area (Å²) in [5.41, 5.74) is 4.52. The molecular formula is C26H27N3O4S. The average molecular weight is 478 g/mol. The van der Waals surface area contributed by atoms with Crippen molar-refractivity contribution in [2.75, 3.05) is 12.4 Å². The van der Waals surface area contributed by atoms with Crippen molar-refractivity contribution in [2.45, 2.75) is 39.2 Å². The molecule has 0 unspecified atom stereocenters. The van der Waals surface area contributed by atoms with Gasteiger partial charge in [0.15, 0.2) is 5.13 Å². The molecule has 2 aromatic carbocycles. The first-order chi connectivity index (χ1) is 16.4. The first-order valence-corrected chi connectivity index (χ1v) is 11.9. The molecule has 7 nitrogen and oxygen atoms in total. The second kappa shape index (κ2) is 10.5. The molecule has 0 aliphatic carbocycles. The van der Waals surface area contributed by atoms with Gasteiger partial charge in [0.05, 0.1) is 25.5 Å². The SMILES string of the molecule is COc1ccc2c(CC(=O)Nc3nc(-c4ccc(CC[C@@H](C)NC(C)=O)cc4)cs3)coc2c1. The number of methoxy groups -OCH3 is 1. The van der Waals surface area contributed by atoms with Gasteiger partial charge in [-0.3, -0.25) is 9.59 Å². The fourth-order valence-electron chi connectivity index (χ4n) is 3.77. The zero-order valence-electron chi connectivity index (χ0n) is 19.4. The molecule has 0 spiro atoms. The summed E-state index contributed by atoms with van der Waals surface area (Å²) in [6.45, 7) is 3.54. The Labute approximate surface area is 202 Å². The molecule has 0 radical (unpaired) electrons. The van der Waals surface area contributed by atoms with E-state index in [4.69, 9.17) is 9.15 Å². The number of carbonyl (C=O) groups excluding carboxylic acids is 2. The third-order valence-electron chi connectivity index (χ3n) is 5.53. The third-order valence-corrected chi connectivity index (χ3v) is 6.29. The lowest BCUT2D eigenvalue weighted by molar-refractivity contribution is -0.119. The molecule has 2 heterocycles. The van der Waals surface area contributed by atoms with Crippen molar-refractivity contribution in [3.8, 4) is 17.0 Å². The Bertz CT molecular complexity index is 1290. The molecule has 0 fully saturated rings. The Morgan fingerprint density at radius 2 is 1.97 bits per heavy atom. The van der Waals surface area contributed by atoms with Gasteiger partial charge in [0.2, 0.25) is 11.8 Å². The van der Waals surface area contributed by atoms with E-state index in [9.17, 15) is 9.59 Å². The summed E-state index contributed by atoms with van der Waals surface area (Å²) in [4.78, 5) is 28.3. The van der Waals surface area contributed by atoms with Gasteiger partial charge in [0.1, 0.15) is 11.3 Å². The number of amides is 2. The van der Waals surface area contributed by atoms with Crippen LogP contribution in [0.5, 0.6) is 5.75 Å². The maximum atomic E-state index is 12.6. The van der Waals surface area contributed by atoms with Crippen LogP contribution >= 0.6 is 11.3 Å². The van der Waals surface area contributed by atoms with Crippen molar-refractivity contribution in [3.05, 3.63) is 65.2 Å². The number of nitrogens with one attached hydrogen (secondary N) is 2. The number of benzene rings is 2. The first kappa shape index (κ1) is 23.5. The van der Waals surface area contributed by atoms with Crippen molar-refractivity contribution >= 4 is 39.3 Å². The van der Waals surface area contributed by atoms with Gasteiger partial charge in [-0.1, -0.05) is 24.3 Å². The van der Waals surface area contributed by atoms with Crippen LogP contribution in [0, 0.1) is 0 Å². The van der Waals surface area contributed by atoms with Crippen LogP contribution in [0.15, 0.2) is 58.5 Å². The van der Waals surface area contributed by atoms with E-state index in [1.807, 2.05) is 36.6 Å². The molecule has 0 bridgehead atoms. The molecule has 2 amide bonds. The van der Waals surface area contributed by atoms with Crippen LogP contribution < -0.4 is 15.4 Å². The van der Waals surface area contributed by atoms with Gasteiger partial charge >= 0.3 is 0 Å². The number of thiazole rings is 1. The average Bonchev–Trinajstić information content (AvgIpc) is 3.44. The monoisotopic (exact) mass is 477 g/mol. The van der Waals surface area contributed by atoms with Crippen LogP contribution in [0.1, 0.15) is 31.4 Å². The van der Waals surface area contributed by atoms with Gasteiger partial charge in [-0.2, -0.15) is 0 Å². The molecule has 4 aromatic rings. The van der Waals surface area contributed by atoms with Crippen LogP contribution in [0.4, 0.5) is 5.13 Å². The molecule has 0 saturated carbocycles. The molecule has 1 atom stereocenters. The van der Waals surface area contributed by atoms with Crippen LogP contribution in [-0.2, 0) is 22.4 Å². The van der Waals surface area contributed by atoms with Crippen molar-refractivity contribution < 1.29 is 18.7 Å². The highest BCUT2D eigenvalue weighted by atomic mass is 32.1. The number of hydrogen-bond donors (Lipinski definition) is 2. The van der Waals surface area contributed by atoms with Crippen LogP contribution in [-0.4, -0.2) is 29.9 Å². The highest BCUT2D eigenvalue weighted by Gasteiger charge is 2.13. The minimum Gasteiger partial charge on any atom is -0.497 e. The Kier molecular flexibility index (Phi) is 7.27. The summed E-state index contributed by atoms with van der Waals surface area (Å²) < 4.78 is 10.8. The molecule has 176 valence electrons. The lowest BCUT2D eigenvalue weighted by Crippen LogP contribution is -2.30. The zero-order valence-corrected chi connectivity index (χ0v) is 20.2. The number of hydrogen-bond acceptors (Lipinski definition) is 6. The molecule has 8 heteroatoms. The smallest absolute Gasteiger partial charge is 0.230 e. The number of ether oxygens (including phenoxy) is 1. The third kappa shape index (κ3) is 5.82. The number of anilines is 1. The van der Waals surface area contributed by atoms with E-state index in [2.05, 4.69) is 27.8 Å². The predicted molar refractivity (Wildman–Crippen MR) is 134 cm³/mol. The lowest BCUT2D eigenvalue weighted by atomic mass is 10.0. The summed E-state index contributed by atoms with van der Waals surface area (Å²) in [7, 11) is 1.60. The zero-order chi connectivity index (χ0) is 24.1. The van der Waals surface area contributed by atoms with E-state index >= 15 is 0 Å². The molecule has 0 aliphatic rings. The molecule has 0 saturated heterocycles. The largest absolute Gasteiger partial charge is 0.497 e. The van der Waals surface area contributed by atoms with Crippen molar-refractivity contribution in [3.63, 3.8) is 0 Å². The van der Waals surface area contributed by atoms with Crippen molar-refractivity contribution in [2.24, 2.45) is 0 Å². The minimum atomic E-state index is -0.150. The topological polar surface area (TPSA) is 93.5 Å². The fraction of sp³-hybridized carbons (Fsp3) is 0.269. The Morgan fingerprint density at radius 1 is 1.18 bits per heavy atom. The maximum Gasteiger partial charge on any atom is 0.230 e. The Morgan fingerprint density at radius 3 is 2.71 bits per heavy atom. The Balaban J connectivity index is 1.34. The molecular weight excluding hydrogens is 450 g/mol. The molecule has 34 heavy (non-hydrogen) atoms. The minimum absolute atomic E-state index is 0.00643. The highest BCUT2D eigenvalue weighted by molar-refractivity contribution is 7.14. The van der Waals surface area contributed by atoms with Gasteiger partial charge < -0.3 is 19.8 Å². The number of fused-ring (bicyclic) bond motifs is 1. The van der Waals surface area contributed by atoms with E-state index in [-0.39, 0.29) is 24.3 Å². The molecule has 2 aromatic heterocycles. The van der Waals surface area contributed by atoms with Crippen molar-refractivity contribution in [1.82, 2.24) is 10.3 Å². The van der Waals surface area contributed by atoms with Gasteiger partial charge in [0, 0.05) is 40.9 Å². The van der Waals surface area contributed by atoms with Crippen molar-refractivity contribution in [1.29, 1.82) is 0 Å². The Hall–Kier alpha value is -3.65. The summed E-state index contributed by atoms with van der Waals surface area (Å²) in [5.74, 6) is 0.553. The van der Waals surface area contributed by atoms with E-state index in [0.29, 0.717) is 16.5 Å². The van der Waals surface area contributed by atoms with Gasteiger partial charge in [-0.05, 0) is 37.5 Å². The molecule has 0 aliphatic heterocycles. The van der Waals surface area contributed by atoms with E-state index in [1.165, 1.54) is 23.8 Å². The highest BCUT2D eigenvalue weighted by Crippen LogP contribution is 2.28. The number of nitrogens with zero attached hydrogens (tertiary/aromatic N) is 1. The maximum absolute atomic E-state index is 12.6. The lowest BCUT2D eigenvalue weighted by Gasteiger charge is -2.12. The first-order valence-electron chi connectivity index (χ1n) is 11.1. The van der Waals surface area contributed by atoms with Gasteiger partial charge in [-0.15, -0.1) is 11.3 Å². The number of aryl methyl sites for hydroxylation is 1. The standard InChI is InChI=1S/C26H27N3O4S/c1-16(27-17(2)30)4-5-18-6-8-19(9-7-18)23-15-34-26(28-23)29-25(31)12-20-14-33-24-13-21(32-3)10-11-22(20)24/h6-11,13-16H,4-5,12H2,1-3H3,(H,27,30)(H,28,29,31)/t16-/m1/s1. The second-order valence-electron chi connectivity index (χ2n) is 8.22. The van der Waals surface area contributed by atoms with Gasteiger partial charge in [0.25, 0.3) is 0 Å². The second-order valence-corrected chi connectivity index (χ2v) is 9.08. The number of rotatable bonds is 9. The molecule has 4 rings (SSSR count). The quantitative estimate of drug-likeness (QED) is 0.345. The van der Waals surface area contributed by atoms with Gasteiger partial charge in [-0.25, -0.2) is 4.98 Å². The number of aromatic nitrogens is 1. The van der Waals surface area contributed by atoms with E-state index in [1.54, 1.807) is 19.4 Å². The molecule has 2 N–H and O–H groups in total. The van der Waals surface area contributed by atoms with E-state index in [0.717, 1.165) is 35.0 Å². The number of furan rings is 1. The van der Waals surface area contributed by atoms with Crippen LogP contribution in [0.3, 0.4) is 0 Å². The fourth-order valence-corrected chi connectivity index (χ4v) is 4.51. The number of carbonyl (C=O) groups is 2. The summed E-state index contributed by atoms with van der Waals surface area (Å²) in [5, 5.41) is 9.17. The summed E-state index contributed by atoms with van der Waals surface area (Å²) in [6, 6.07) is 13.9. The normalized spacial score (nSPS) is 11.9. The summed E-state index contributed by atoms with van der Waals surface area (Å²) >= 11 is 1.39. The van der Waals surface area contributed by atoms with E-state index < -0.39 is 0 Å². The summed E-state index contributed by atoms with van der Waals surface area (Å²) in [6.07, 6.45) is 3.57.